The Morgan fingerprint density at radius 1 is 1.26 bits per heavy atom. The maximum absolute atomic E-state index is 8.75. The van der Waals surface area contributed by atoms with Gasteiger partial charge in [-0.3, -0.25) is 4.90 Å². The number of nitrogens with two attached hydrogens (primary N) is 1. The first-order valence-corrected chi connectivity index (χ1v) is 7.17. The SMILES string of the molecule is CC1(C)CC(N2CCC(C(N)=NO)CC2)C(C)(C)O1. The molecule has 0 bridgehead atoms. The fourth-order valence-corrected chi connectivity index (χ4v) is 3.69. The van der Waals surface area contributed by atoms with Gasteiger partial charge < -0.3 is 15.7 Å². The number of amidine groups is 1. The summed E-state index contributed by atoms with van der Waals surface area (Å²) < 4.78 is 6.17. The molecule has 5 heteroatoms. The first kappa shape index (κ1) is 14.6. The van der Waals surface area contributed by atoms with Crippen LogP contribution in [0.2, 0.25) is 0 Å². The van der Waals surface area contributed by atoms with Gasteiger partial charge in [0, 0.05) is 12.0 Å². The quantitative estimate of drug-likeness (QED) is 0.347. The minimum Gasteiger partial charge on any atom is -0.409 e. The molecule has 2 heterocycles. The van der Waals surface area contributed by atoms with Gasteiger partial charge >= 0.3 is 0 Å². The van der Waals surface area contributed by atoms with Crippen molar-refractivity contribution in [2.75, 3.05) is 13.1 Å². The molecule has 0 radical (unpaired) electrons. The van der Waals surface area contributed by atoms with Gasteiger partial charge in [0.15, 0.2) is 0 Å². The van der Waals surface area contributed by atoms with E-state index in [1.165, 1.54) is 0 Å². The van der Waals surface area contributed by atoms with E-state index in [2.05, 4.69) is 37.8 Å². The van der Waals surface area contributed by atoms with Gasteiger partial charge in [0.05, 0.1) is 11.2 Å². The van der Waals surface area contributed by atoms with Crippen molar-refractivity contribution in [3.63, 3.8) is 0 Å². The molecule has 2 fully saturated rings. The Balaban J connectivity index is 1.98. The Hall–Kier alpha value is -0.810. The van der Waals surface area contributed by atoms with Gasteiger partial charge in [-0.15, -0.1) is 0 Å². The second-order valence-electron chi connectivity index (χ2n) is 7.02. The highest BCUT2D eigenvalue weighted by Gasteiger charge is 2.48. The predicted molar refractivity (Wildman–Crippen MR) is 75.4 cm³/mol. The Kier molecular flexibility index (Phi) is 3.80. The van der Waals surface area contributed by atoms with Crippen LogP contribution in [-0.2, 0) is 4.74 Å². The summed E-state index contributed by atoms with van der Waals surface area (Å²) in [7, 11) is 0. The summed E-state index contributed by atoms with van der Waals surface area (Å²) >= 11 is 0. The molecule has 0 amide bonds. The number of hydrogen-bond donors (Lipinski definition) is 2. The molecule has 0 spiro atoms. The molecule has 110 valence electrons. The zero-order valence-corrected chi connectivity index (χ0v) is 12.5. The molecule has 5 nitrogen and oxygen atoms in total. The van der Waals surface area contributed by atoms with Crippen molar-refractivity contribution < 1.29 is 9.94 Å². The maximum Gasteiger partial charge on any atom is 0.142 e. The van der Waals surface area contributed by atoms with Gasteiger partial charge in [-0.25, -0.2) is 0 Å². The lowest BCUT2D eigenvalue weighted by Gasteiger charge is -2.40. The Bertz CT molecular complexity index is 358. The number of likely N-dealkylation sites (tertiary alicyclic amines) is 1. The minimum absolute atomic E-state index is 0.0450. The normalized spacial score (nSPS) is 32.6. The summed E-state index contributed by atoms with van der Waals surface area (Å²) in [6, 6.07) is 0.454. The maximum atomic E-state index is 8.75. The molecule has 19 heavy (non-hydrogen) atoms. The Labute approximate surface area is 115 Å². The highest BCUT2D eigenvalue weighted by molar-refractivity contribution is 5.82. The van der Waals surface area contributed by atoms with Gasteiger partial charge in [0.25, 0.3) is 0 Å². The number of piperidine rings is 1. The number of hydrogen-bond acceptors (Lipinski definition) is 4. The number of oxime groups is 1. The van der Waals surface area contributed by atoms with Crippen LogP contribution in [0.4, 0.5) is 0 Å². The molecule has 0 saturated carbocycles. The van der Waals surface area contributed by atoms with Gasteiger partial charge in [-0.2, -0.15) is 0 Å². The molecule has 0 aliphatic carbocycles. The summed E-state index contributed by atoms with van der Waals surface area (Å²) in [5.74, 6) is 0.599. The zero-order valence-electron chi connectivity index (χ0n) is 12.5. The van der Waals surface area contributed by atoms with Gasteiger partial charge in [-0.1, -0.05) is 5.16 Å². The molecule has 0 aromatic rings. The van der Waals surface area contributed by atoms with Crippen LogP contribution in [0.1, 0.15) is 47.0 Å². The fourth-order valence-electron chi connectivity index (χ4n) is 3.69. The second kappa shape index (κ2) is 4.94. The molecule has 0 aromatic heterocycles. The number of rotatable bonds is 2. The number of ether oxygens (including phenoxy) is 1. The van der Waals surface area contributed by atoms with E-state index in [1.54, 1.807) is 0 Å². The lowest BCUT2D eigenvalue weighted by atomic mass is 9.88. The third kappa shape index (κ3) is 3.03. The van der Waals surface area contributed by atoms with Crippen LogP contribution in [0.3, 0.4) is 0 Å². The summed E-state index contributed by atoms with van der Waals surface area (Å²) in [4.78, 5) is 2.51. The smallest absolute Gasteiger partial charge is 0.142 e. The van der Waals surface area contributed by atoms with E-state index in [9.17, 15) is 0 Å². The van der Waals surface area contributed by atoms with Crippen LogP contribution in [0.5, 0.6) is 0 Å². The average molecular weight is 269 g/mol. The van der Waals surface area contributed by atoms with Crippen molar-refractivity contribution in [2.45, 2.75) is 64.2 Å². The molecule has 2 aliphatic heterocycles. The zero-order chi connectivity index (χ0) is 14.3. The topological polar surface area (TPSA) is 71.1 Å². The van der Waals surface area contributed by atoms with Gasteiger partial charge in [0.2, 0.25) is 0 Å². The van der Waals surface area contributed by atoms with Crippen molar-refractivity contribution >= 4 is 5.84 Å². The average Bonchev–Trinajstić information content (AvgIpc) is 2.56. The van der Waals surface area contributed by atoms with Crippen LogP contribution < -0.4 is 5.73 Å². The second-order valence-corrected chi connectivity index (χ2v) is 7.02. The Morgan fingerprint density at radius 3 is 2.26 bits per heavy atom. The van der Waals surface area contributed by atoms with E-state index < -0.39 is 0 Å². The standard InChI is InChI=1S/C14H27N3O2/c1-13(2)9-11(14(3,4)19-13)17-7-5-10(6-8-17)12(15)16-18/h10-11,18H,5-9H2,1-4H3,(H2,15,16). The third-order valence-electron chi connectivity index (χ3n) is 4.53. The van der Waals surface area contributed by atoms with E-state index >= 15 is 0 Å². The van der Waals surface area contributed by atoms with Crippen LogP contribution in [0.15, 0.2) is 5.16 Å². The van der Waals surface area contributed by atoms with E-state index in [0.29, 0.717) is 11.9 Å². The highest BCUT2D eigenvalue weighted by atomic mass is 16.5. The van der Waals surface area contributed by atoms with Crippen LogP contribution in [0.25, 0.3) is 0 Å². The lowest BCUT2D eigenvalue weighted by molar-refractivity contribution is -0.0822. The minimum atomic E-state index is -0.104. The summed E-state index contributed by atoms with van der Waals surface area (Å²) in [5, 5.41) is 11.9. The van der Waals surface area contributed by atoms with E-state index in [1.807, 2.05) is 0 Å². The van der Waals surface area contributed by atoms with E-state index in [4.69, 9.17) is 15.7 Å². The first-order valence-electron chi connectivity index (χ1n) is 7.17. The first-order chi connectivity index (χ1) is 8.75. The van der Waals surface area contributed by atoms with E-state index in [-0.39, 0.29) is 17.1 Å². The Morgan fingerprint density at radius 2 is 1.84 bits per heavy atom. The highest BCUT2D eigenvalue weighted by Crippen LogP contribution is 2.41. The van der Waals surface area contributed by atoms with E-state index in [0.717, 1.165) is 32.4 Å². The monoisotopic (exact) mass is 269 g/mol. The predicted octanol–water partition coefficient (Wildman–Crippen LogP) is 1.79. The molecule has 0 aromatic carbocycles. The fraction of sp³-hybridized carbons (Fsp3) is 0.929. The molecule has 2 aliphatic rings. The molecule has 2 rings (SSSR count). The van der Waals surface area contributed by atoms with Gasteiger partial charge in [-0.05, 0) is 60.0 Å². The van der Waals surface area contributed by atoms with Crippen LogP contribution >= 0.6 is 0 Å². The lowest BCUT2D eigenvalue weighted by Crippen LogP contribution is -2.50. The summed E-state index contributed by atoms with van der Waals surface area (Å²) in [5.41, 5.74) is 5.55. The largest absolute Gasteiger partial charge is 0.409 e. The molecule has 1 unspecified atom stereocenters. The van der Waals surface area contributed by atoms with Crippen molar-refractivity contribution in [2.24, 2.45) is 16.8 Å². The molecular formula is C14H27N3O2. The molecule has 2 saturated heterocycles. The van der Waals surface area contributed by atoms with Crippen molar-refractivity contribution in [3.8, 4) is 0 Å². The van der Waals surface area contributed by atoms with Gasteiger partial charge in [0.1, 0.15) is 5.84 Å². The third-order valence-corrected chi connectivity index (χ3v) is 4.53. The van der Waals surface area contributed by atoms with Crippen molar-refractivity contribution in [3.05, 3.63) is 0 Å². The van der Waals surface area contributed by atoms with Crippen molar-refractivity contribution in [1.82, 2.24) is 4.90 Å². The van der Waals surface area contributed by atoms with Crippen molar-refractivity contribution in [1.29, 1.82) is 0 Å². The number of nitrogens with zero attached hydrogens (tertiary/aromatic N) is 2. The molecular weight excluding hydrogens is 242 g/mol. The molecule has 1 atom stereocenters. The van der Waals surface area contributed by atoms with Crippen LogP contribution in [0, 0.1) is 5.92 Å². The summed E-state index contributed by atoms with van der Waals surface area (Å²) in [6.07, 6.45) is 2.99. The van der Waals surface area contributed by atoms with Crippen LogP contribution in [-0.4, -0.2) is 46.3 Å². The summed E-state index contributed by atoms with van der Waals surface area (Å²) in [6.45, 7) is 10.7. The molecule has 3 N–H and O–H groups in total.